The Balaban J connectivity index is 1.36. The van der Waals surface area contributed by atoms with Crippen molar-refractivity contribution in [2.45, 2.75) is 72.3 Å². The van der Waals surface area contributed by atoms with Crippen molar-refractivity contribution in [2.75, 3.05) is 13.1 Å². The van der Waals surface area contributed by atoms with Crippen LogP contribution in [-0.4, -0.2) is 29.7 Å². The maximum Gasteiger partial charge on any atom is 0.226 e. The minimum Gasteiger partial charge on any atom is -0.387 e. The van der Waals surface area contributed by atoms with Crippen molar-refractivity contribution in [1.29, 1.82) is 0 Å². The highest BCUT2D eigenvalue weighted by molar-refractivity contribution is 6.30. The smallest absolute Gasteiger partial charge is 0.226 e. The highest BCUT2D eigenvalue weighted by Crippen LogP contribution is 2.64. The topological polar surface area (TPSA) is 49.4 Å². The maximum absolute atomic E-state index is 14.0. The molecule has 3 aliphatic carbocycles. The summed E-state index contributed by atoms with van der Waals surface area (Å²) in [5.41, 5.74) is 2.47. The van der Waals surface area contributed by atoms with Gasteiger partial charge in [-0.05, 0) is 79.4 Å². The Labute approximate surface area is 209 Å². The van der Waals surface area contributed by atoms with E-state index in [4.69, 9.17) is 11.6 Å². The first kappa shape index (κ1) is 23.9. The number of ketones is 1. The Kier molecular flexibility index (Phi) is 6.33. The van der Waals surface area contributed by atoms with Gasteiger partial charge in [0.15, 0.2) is 5.78 Å². The van der Waals surface area contributed by atoms with Crippen LogP contribution in [0.2, 0.25) is 5.02 Å². The van der Waals surface area contributed by atoms with Crippen molar-refractivity contribution in [2.24, 2.45) is 34.5 Å². The van der Waals surface area contributed by atoms with Crippen molar-refractivity contribution in [3.05, 3.63) is 46.6 Å². The number of fused-ring (bicyclic) bond motifs is 5. The molecule has 34 heavy (non-hydrogen) atoms. The second-order valence-electron chi connectivity index (χ2n) is 11.8. The second-order valence-corrected chi connectivity index (χ2v) is 12.2. The fourth-order valence-corrected chi connectivity index (χ4v) is 8.24. The average Bonchev–Trinajstić information content (AvgIpc) is 3.17. The van der Waals surface area contributed by atoms with Gasteiger partial charge in [-0.3, -0.25) is 9.59 Å². The third kappa shape index (κ3) is 3.90. The third-order valence-corrected chi connectivity index (χ3v) is 10.2. The van der Waals surface area contributed by atoms with Crippen molar-refractivity contribution in [3.8, 4) is 0 Å². The molecule has 4 aliphatic rings. The molecule has 184 valence electrons. The summed E-state index contributed by atoms with van der Waals surface area (Å²) in [5, 5.41) is 4.41. The lowest BCUT2D eigenvalue weighted by atomic mass is 9.50. The number of hydrogen-bond donors (Lipinski definition) is 1. The van der Waals surface area contributed by atoms with E-state index in [1.165, 1.54) is 5.70 Å². The summed E-state index contributed by atoms with van der Waals surface area (Å²) in [6, 6.07) is 7.91. The van der Waals surface area contributed by atoms with E-state index in [0.717, 1.165) is 62.2 Å². The summed E-state index contributed by atoms with van der Waals surface area (Å²) in [6.07, 6.45) is 8.91. The van der Waals surface area contributed by atoms with Crippen LogP contribution in [0.4, 0.5) is 0 Å². The van der Waals surface area contributed by atoms with Crippen molar-refractivity contribution >= 4 is 23.3 Å². The van der Waals surface area contributed by atoms with Crippen LogP contribution in [0.5, 0.6) is 0 Å². The van der Waals surface area contributed by atoms with Crippen molar-refractivity contribution < 1.29 is 9.59 Å². The molecule has 0 bridgehead atoms. The number of allylic oxidation sites excluding steroid dienone is 2. The van der Waals surface area contributed by atoms with Crippen LogP contribution in [0.25, 0.3) is 0 Å². The van der Waals surface area contributed by atoms with Gasteiger partial charge in [-0.1, -0.05) is 44.5 Å². The molecule has 0 aromatic heterocycles. The van der Waals surface area contributed by atoms with Gasteiger partial charge in [0.2, 0.25) is 5.91 Å². The van der Waals surface area contributed by atoms with E-state index in [9.17, 15) is 9.59 Å². The highest BCUT2D eigenvalue weighted by atomic mass is 35.5. The van der Waals surface area contributed by atoms with Crippen LogP contribution in [0, 0.1) is 34.5 Å². The summed E-state index contributed by atoms with van der Waals surface area (Å²) < 4.78 is 0. The molecule has 1 amide bonds. The Bertz CT molecular complexity index is 988. The van der Waals surface area contributed by atoms with Gasteiger partial charge in [0.25, 0.3) is 0 Å². The van der Waals surface area contributed by atoms with Crippen LogP contribution in [0.15, 0.2) is 36.0 Å². The molecule has 1 saturated heterocycles. The number of benzene rings is 1. The minimum atomic E-state index is 0.0635. The molecule has 4 nitrogen and oxygen atoms in total. The number of nitrogens with zero attached hydrogens (tertiary/aromatic N) is 1. The lowest BCUT2D eigenvalue weighted by Crippen LogP contribution is -2.57. The van der Waals surface area contributed by atoms with E-state index in [2.05, 4.69) is 31.0 Å². The van der Waals surface area contributed by atoms with E-state index in [1.54, 1.807) is 0 Å². The fourth-order valence-electron chi connectivity index (χ4n) is 8.12. The van der Waals surface area contributed by atoms with Gasteiger partial charge in [0.05, 0.1) is 0 Å². The molecule has 1 unspecified atom stereocenters. The SMILES string of the molecule is CCCN(Cc1ccc(Cl)cc1)C(=O)C1CC[C@H]2[C@@H]3CNC4=CC(=O)CC[C@]4(C)[C@@H]3CC[C@]12C. The third-order valence-electron chi connectivity index (χ3n) is 9.99. The van der Waals surface area contributed by atoms with Gasteiger partial charge in [-0.2, -0.15) is 0 Å². The van der Waals surface area contributed by atoms with Gasteiger partial charge in [-0.15, -0.1) is 0 Å². The predicted octanol–water partition coefficient (Wildman–Crippen LogP) is 5.99. The fraction of sp³-hybridized carbons (Fsp3) is 0.655. The quantitative estimate of drug-likeness (QED) is 0.560. The summed E-state index contributed by atoms with van der Waals surface area (Å²) in [5.74, 6) is 2.49. The van der Waals surface area contributed by atoms with Crippen LogP contribution < -0.4 is 5.32 Å². The summed E-state index contributed by atoms with van der Waals surface area (Å²) in [6.45, 7) is 9.35. The number of piperidine rings is 1. The number of halogens is 1. The number of carbonyl (C=O) groups excluding carboxylic acids is 2. The Morgan fingerprint density at radius 1 is 1.12 bits per heavy atom. The minimum absolute atomic E-state index is 0.0635. The molecule has 6 atom stereocenters. The molecule has 1 N–H and O–H groups in total. The van der Waals surface area contributed by atoms with E-state index >= 15 is 0 Å². The molecule has 5 heteroatoms. The first-order chi connectivity index (χ1) is 16.3. The zero-order chi connectivity index (χ0) is 24.1. The Morgan fingerprint density at radius 3 is 2.62 bits per heavy atom. The van der Waals surface area contributed by atoms with Crippen LogP contribution in [-0.2, 0) is 16.1 Å². The van der Waals surface area contributed by atoms with Gasteiger partial charge in [-0.25, -0.2) is 0 Å². The molecule has 0 radical (unpaired) electrons. The molecule has 1 heterocycles. The second kappa shape index (κ2) is 9.00. The van der Waals surface area contributed by atoms with Crippen molar-refractivity contribution in [1.82, 2.24) is 10.2 Å². The number of rotatable bonds is 5. The Morgan fingerprint density at radius 2 is 1.88 bits per heavy atom. The lowest BCUT2D eigenvalue weighted by molar-refractivity contribution is -0.143. The number of carbonyl (C=O) groups is 2. The normalized spacial score (nSPS) is 36.6. The van der Waals surface area contributed by atoms with Crippen LogP contribution >= 0.6 is 11.6 Å². The number of hydrogen-bond acceptors (Lipinski definition) is 3. The average molecular weight is 483 g/mol. The number of amides is 1. The zero-order valence-corrected chi connectivity index (χ0v) is 21.7. The van der Waals surface area contributed by atoms with Crippen LogP contribution in [0.1, 0.15) is 71.3 Å². The molecule has 3 fully saturated rings. The van der Waals surface area contributed by atoms with Gasteiger partial charge in [0.1, 0.15) is 0 Å². The van der Waals surface area contributed by atoms with Crippen LogP contribution in [0.3, 0.4) is 0 Å². The first-order valence-electron chi connectivity index (χ1n) is 13.3. The van der Waals surface area contributed by atoms with E-state index < -0.39 is 0 Å². The van der Waals surface area contributed by atoms with Crippen molar-refractivity contribution in [3.63, 3.8) is 0 Å². The van der Waals surface area contributed by atoms with Gasteiger partial charge >= 0.3 is 0 Å². The molecular formula is C29H39ClN2O2. The molecule has 5 rings (SSSR count). The largest absolute Gasteiger partial charge is 0.387 e. The molecular weight excluding hydrogens is 444 g/mol. The van der Waals surface area contributed by atoms with E-state index in [-0.39, 0.29) is 22.5 Å². The predicted molar refractivity (Wildman–Crippen MR) is 136 cm³/mol. The molecule has 2 saturated carbocycles. The number of nitrogens with one attached hydrogen (secondary N) is 1. The molecule has 1 aliphatic heterocycles. The van der Waals surface area contributed by atoms with E-state index in [1.807, 2.05) is 30.3 Å². The monoisotopic (exact) mass is 482 g/mol. The molecule has 1 aromatic rings. The molecule has 1 aromatic carbocycles. The highest BCUT2D eigenvalue weighted by Gasteiger charge is 2.60. The van der Waals surface area contributed by atoms with Gasteiger partial charge < -0.3 is 10.2 Å². The zero-order valence-electron chi connectivity index (χ0n) is 20.9. The summed E-state index contributed by atoms with van der Waals surface area (Å²) >= 11 is 6.08. The van der Waals surface area contributed by atoms with E-state index in [0.29, 0.717) is 36.6 Å². The standard InChI is InChI=1S/C29H39ClN2O2/c1-4-15-32(18-19-5-7-20(30)8-6-19)27(34)25-10-9-23-22-17-31-26-16-21(33)11-13-29(26,3)24(22)12-14-28(23,25)2/h5-8,16,22-25,31H,4,9-15,17-18H2,1-3H3/t22-,23-,24+,25?,28-,29+/m0/s1. The van der Waals surface area contributed by atoms with Gasteiger partial charge in [0, 0.05) is 54.2 Å². The maximum atomic E-state index is 14.0. The summed E-state index contributed by atoms with van der Waals surface area (Å²) in [4.78, 5) is 28.2. The Hall–Kier alpha value is -1.81. The first-order valence-corrected chi connectivity index (χ1v) is 13.7. The lowest BCUT2D eigenvalue weighted by Gasteiger charge is -2.58. The molecule has 0 spiro atoms. The summed E-state index contributed by atoms with van der Waals surface area (Å²) in [7, 11) is 0.